The summed E-state index contributed by atoms with van der Waals surface area (Å²) >= 11 is 0. The molecule has 0 aliphatic heterocycles. The molecule has 0 atom stereocenters. The fourth-order valence-corrected chi connectivity index (χ4v) is 2.70. The Hall–Kier alpha value is -2.67. The standard InChI is InChI=1S/C19H24N4O3/c1-13(2)25-10-9-20-17(24)7-8-18-22-23-19(26-18)11-14-12-21-16-6-4-3-5-15(14)16/h3-6,12-13,21H,7-11H2,1-2H3,(H,20,24). The lowest BCUT2D eigenvalue weighted by molar-refractivity contribution is -0.121. The summed E-state index contributed by atoms with van der Waals surface area (Å²) in [6.07, 6.45) is 3.44. The fraction of sp³-hybridized carbons (Fsp3) is 0.421. The van der Waals surface area contributed by atoms with Crippen molar-refractivity contribution < 1.29 is 13.9 Å². The van der Waals surface area contributed by atoms with Gasteiger partial charge in [0.05, 0.1) is 19.1 Å². The predicted molar refractivity (Wildman–Crippen MR) is 97.8 cm³/mol. The molecule has 0 saturated carbocycles. The highest BCUT2D eigenvalue weighted by atomic mass is 16.5. The van der Waals surface area contributed by atoms with Gasteiger partial charge in [-0.2, -0.15) is 0 Å². The van der Waals surface area contributed by atoms with E-state index in [-0.39, 0.29) is 12.0 Å². The number of aryl methyl sites for hydroxylation is 1. The summed E-state index contributed by atoms with van der Waals surface area (Å²) in [5.41, 5.74) is 2.19. The summed E-state index contributed by atoms with van der Waals surface area (Å²) in [6.45, 7) is 4.95. The molecule has 0 bridgehead atoms. The molecule has 7 heteroatoms. The number of ether oxygens (including phenoxy) is 1. The zero-order valence-corrected chi connectivity index (χ0v) is 15.1. The van der Waals surface area contributed by atoms with Crippen molar-refractivity contribution in [1.29, 1.82) is 0 Å². The van der Waals surface area contributed by atoms with Gasteiger partial charge in [0.1, 0.15) is 0 Å². The predicted octanol–water partition coefficient (Wildman–Crippen LogP) is 2.62. The summed E-state index contributed by atoms with van der Waals surface area (Å²) < 4.78 is 11.1. The van der Waals surface area contributed by atoms with Gasteiger partial charge in [-0.15, -0.1) is 10.2 Å². The third-order valence-corrected chi connectivity index (χ3v) is 3.97. The van der Waals surface area contributed by atoms with Crippen LogP contribution >= 0.6 is 0 Å². The van der Waals surface area contributed by atoms with Gasteiger partial charge >= 0.3 is 0 Å². The molecule has 2 aromatic heterocycles. The largest absolute Gasteiger partial charge is 0.425 e. The minimum absolute atomic E-state index is 0.0475. The number of H-pyrrole nitrogens is 1. The molecule has 0 spiro atoms. The lowest BCUT2D eigenvalue weighted by Crippen LogP contribution is -2.28. The van der Waals surface area contributed by atoms with Crippen molar-refractivity contribution in [1.82, 2.24) is 20.5 Å². The maximum absolute atomic E-state index is 11.8. The first-order chi connectivity index (χ1) is 12.6. The van der Waals surface area contributed by atoms with E-state index in [1.807, 2.05) is 38.2 Å². The quantitative estimate of drug-likeness (QED) is 0.575. The summed E-state index contributed by atoms with van der Waals surface area (Å²) in [5, 5.41) is 12.1. The van der Waals surface area contributed by atoms with Crippen molar-refractivity contribution in [3.63, 3.8) is 0 Å². The number of fused-ring (bicyclic) bond motifs is 1. The second kappa shape index (κ2) is 8.62. The van der Waals surface area contributed by atoms with Gasteiger partial charge in [0.25, 0.3) is 0 Å². The zero-order valence-electron chi connectivity index (χ0n) is 15.1. The van der Waals surface area contributed by atoms with E-state index in [1.54, 1.807) is 0 Å². The molecule has 0 radical (unpaired) electrons. The van der Waals surface area contributed by atoms with Crippen LogP contribution in [0.5, 0.6) is 0 Å². The van der Waals surface area contributed by atoms with Gasteiger partial charge < -0.3 is 19.5 Å². The molecule has 3 rings (SSSR count). The van der Waals surface area contributed by atoms with Crippen LogP contribution < -0.4 is 5.32 Å². The average Bonchev–Trinajstić information content (AvgIpc) is 3.24. The first-order valence-corrected chi connectivity index (χ1v) is 8.86. The molecule has 0 aliphatic carbocycles. The molecule has 1 aromatic carbocycles. The minimum atomic E-state index is -0.0475. The van der Waals surface area contributed by atoms with Crippen LogP contribution in [0.3, 0.4) is 0 Å². The Kier molecular flexibility index (Phi) is 6.01. The molecule has 0 unspecified atom stereocenters. The lowest BCUT2D eigenvalue weighted by Gasteiger charge is -2.08. The van der Waals surface area contributed by atoms with E-state index in [4.69, 9.17) is 9.15 Å². The van der Waals surface area contributed by atoms with Gasteiger partial charge in [-0.25, -0.2) is 0 Å². The highest BCUT2D eigenvalue weighted by Crippen LogP contribution is 2.20. The van der Waals surface area contributed by atoms with E-state index in [1.165, 1.54) is 0 Å². The number of nitrogens with one attached hydrogen (secondary N) is 2. The highest BCUT2D eigenvalue weighted by Gasteiger charge is 2.11. The molecule has 2 heterocycles. The summed E-state index contributed by atoms with van der Waals surface area (Å²) in [7, 11) is 0. The second-order valence-corrected chi connectivity index (χ2v) is 6.40. The van der Waals surface area contributed by atoms with Crippen LogP contribution in [-0.2, 0) is 22.4 Å². The molecule has 2 N–H and O–H groups in total. The number of rotatable bonds is 9. The normalized spacial score (nSPS) is 11.3. The summed E-state index contributed by atoms with van der Waals surface area (Å²) in [5.74, 6) is 0.984. The molecule has 1 amide bonds. The SMILES string of the molecule is CC(C)OCCNC(=O)CCc1nnc(Cc2c[nH]c3ccccc23)o1. The fourth-order valence-electron chi connectivity index (χ4n) is 2.70. The number of carbonyl (C=O) groups excluding carboxylic acids is 1. The number of amides is 1. The molecule has 3 aromatic rings. The van der Waals surface area contributed by atoms with Gasteiger partial charge in [-0.3, -0.25) is 4.79 Å². The van der Waals surface area contributed by atoms with Crippen LogP contribution in [0.4, 0.5) is 0 Å². The number of aromatic amines is 1. The minimum Gasteiger partial charge on any atom is -0.425 e. The molecule has 7 nitrogen and oxygen atoms in total. The number of carbonyl (C=O) groups is 1. The van der Waals surface area contributed by atoms with Crippen molar-refractivity contribution >= 4 is 16.8 Å². The Morgan fingerprint density at radius 1 is 1.27 bits per heavy atom. The van der Waals surface area contributed by atoms with Gasteiger partial charge in [0, 0.05) is 36.5 Å². The maximum atomic E-state index is 11.8. The number of para-hydroxylation sites is 1. The van der Waals surface area contributed by atoms with Gasteiger partial charge in [0.15, 0.2) is 0 Å². The van der Waals surface area contributed by atoms with Crippen LogP contribution in [0.2, 0.25) is 0 Å². The third-order valence-electron chi connectivity index (χ3n) is 3.97. The third kappa shape index (κ3) is 4.92. The molecule has 0 saturated heterocycles. The first-order valence-electron chi connectivity index (χ1n) is 8.86. The smallest absolute Gasteiger partial charge is 0.221 e. The molecular weight excluding hydrogens is 332 g/mol. The lowest BCUT2D eigenvalue weighted by atomic mass is 10.1. The average molecular weight is 356 g/mol. The van der Waals surface area contributed by atoms with E-state index >= 15 is 0 Å². The monoisotopic (exact) mass is 356 g/mol. The molecule has 138 valence electrons. The molecule has 0 aliphatic rings. The number of nitrogens with zero attached hydrogens (tertiary/aromatic N) is 2. The Balaban J connectivity index is 1.47. The van der Waals surface area contributed by atoms with Crippen molar-refractivity contribution in [2.24, 2.45) is 0 Å². The van der Waals surface area contributed by atoms with E-state index in [9.17, 15) is 4.79 Å². The zero-order chi connectivity index (χ0) is 18.4. The van der Waals surface area contributed by atoms with Crippen LogP contribution in [0.1, 0.15) is 37.6 Å². The number of hydrogen-bond acceptors (Lipinski definition) is 5. The van der Waals surface area contributed by atoms with Crippen molar-refractivity contribution in [2.45, 2.75) is 39.2 Å². The Bertz CT molecular complexity index is 853. The van der Waals surface area contributed by atoms with Crippen molar-refractivity contribution in [2.75, 3.05) is 13.2 Å². The van der Waals surface area contributed by atoms with Crippen LogP contribution in [0, 0.1) is 0 Å². The summed E-state index contributed by atoms with van der Waals surface area (Å²) in [6, 6.07) is 8.09. The number of benzene rings is 1. The van der Waals surface area contributed by atoms with Crippen LogP contribution in [0.25, 0.3) is 10.9 Å². The van der Waals surface area contributed by atoms with Gasteiger partial charge in [0.2, 0.25) is 17.7 Å². The molecule has 26 heavy (non-hydrogen) atoms. The van der Waals surface area contributed by atoms with Gasteiger partial charge in [-0.1, -0.05) is 18.2 Å². The van der Waals surface area contributed by atoms with Crippen molar-refractivity contribution in [3.05, 3.63) is 47.8 Å². The topological polar surface area (TPSA) is 93.0 Å². The first kappa shape index (κ1) is 18.1. The van der Waals surface area contributed by atoms with E-state index in [0.717, 1.165) is 16.5 Å². The molecule has 0 fully saturated rings. The van der Waals surface area contributed by atoms with Crippen molar-refractivity contribution in [3.8, 4) is 0 Å². The van der Waals surface area contributed by atoms with E-state index in [0.29, 0.717) is 44.2 Å². The Morgan fingerprint density at radius 2 is 2.08 bits per heavy atom. The van der Waals surface area contributed by atoms with E-state index < -0.39 is 0 Å². The second-order valence-electron chi connectivity index (χ2n) is 6.40. The highest BCUT2D eigenvalue weighted by molar-refractivity contribution is 5.83. The van der Waals surface area contributed by atoms with Crippen LogP contribution in [-0.4, -0.2) is 40.3 Å². The van der Waals surface area contributed by atoms with Gasteiger partial charge in [-0.05, 0) is 25.5 Å². The summed E-state index contributed by atoms with van der Waals surface area (Å²) in [4.78, 5) is 15.0. The molecular formula is C19H24N4O3. The van der Waals surface area contributed by atoms with Crippen LogP contribution in [0.15, 0.2) is 34.9 Å². The Labute approximate surface area is 152 Å². The number of aromatic nitrogens is 3. The number of hydrogen-bond donors (Lipinski definition) is 2. The maximum Gasteiger partial charge on any atom is 0.221 e. The Morgan fingerprint density at radius 3 is 2.92 bits per heavy atom. The van der Waals surface area contributed by atoms with E-state index in [2.05, 4.69) is 26.6 Å².